The first-order chi connectivity index (χ1) is 12.9. The van der Waals surface area contributed by atoms with Crippen LogP contribution in [0.5, 0.6) is 0 Å². The molecule has 3 heterocycles. The predicted molar refractivity (Wildman–Crippen MR) is 104 cm³/mol. The topological polar surface area (TPSA) is 58.6 Å². The van der Waals surface area contributed by atoms with Gasteiger partial charge in [-0.15, -0.1) is 11.3 Å². The summed E-state index contributed by atoms with van der Waals surface area (Å²) < 4.78 is 6.31. The summed E-state index contributed by atoms with van der Waals surface area (Å²) in [7, 11) is 0. The molecule has 27 heavy (non-hydrogen) atoms. The molecule has 1 aromatic rings. The van der Waals surface area contributed by atoms with Crippen LogP contribution in [0.1, 0.15) is 66.1 Å². The monoisotopic (exact) mass is 388 g/mol. The minimum atomic E-state index is -0.299. The quantitative estimate of drug-likeness (QED) is 0.866. The average molecular weight is 389 g/mol. The lowest BCUT2D eigenvalue weighted by Gasteiger charge is -2.43. The number of hydrogen-bond acceptors (Lipinski definition) is 4. The summed E-state index contributed by atoms with van der Waals surface area (Å²) in [5.41, 5.74) is 1.39. The van der Waals surface area contributed by atoms with Gasteiger partial charge in [-0.3, -0.25) is 9.59 Å². The third-order valence-electron chi connectivity index (χ3n) is 6.88. The fourth-order valence-electron chi connectivity index (χ4n) is 4.96. The van der Waals surface area contributed by atoms with E-state index in [1.165, 1.54) is 23.3 Å². The van der Waals surface area contributed by atoms with E-state index < -0.39 is 0 Å². The summed E-state index contributed by atoms with van der Waals surface area (Å²) in [6.07, 6.45) is 6.19. The molecule has 1 saturated heterocycles. The molecule has 5 nitrogen and oxygen atoms in total. The molecular formula is C21H28N2O3S. The Balaban J connectivity index is 1.31. The molecule has 5 rings (SSSR count). The largest absolute Gasteiger partial charge is 0.369 e. The molecule has 2 aliphatic carbocycles. The van der Waals surface area contributed by atoms with Crippen LogP contribution in [0.4, 0.5) is 0 Å². The fraction of sp³-hybridized carbons (Fsp3) is 0.714. The fourth-order valence-corrected chi connectivity index (χ4v) is 6.27. The van der Waals surface area contributed by atoms with Crippen LogP contribution in [0.3, 0.4) is 0 Å². The Morgan fingerprint density at radius 2 is 2.00 bits per heavy atom. The Hall–Kier alpha value is -1.40. The first-order valence-electron chi connectivity index (χ1n) is 10.3. The summed E-state index contributed by atoms with van der Waals surface area (Å²) in [5, 5.41) is 2.99. The molecule has 2 amide bonds. The predicted octanol–water partition coefficient (Wildman–Crippen LogP) is 3.08. The summed E-state index contributed by atoms with van der Waals surface area (Å²) in [4.78, 5) is 29.3. The van der Waals surface area contributed by atoms with Crippen LogP contribution in [0, 0.1) is 11.3 Å². The van der Waals surface area contributed by atoms with Crippen molar-refractivity contribution in [2.75, 3.05) is 19.7 Å². The number of carbonyl (C=O) groups excluding carboxylic acids is 2. The molecule has 3 fully saturated rings. The van der Waals surface area contributed by atoms with Gasteiger partial charge in [0.1, 0.15) is 5.60 Å². The zero-order chi connectivity index (χ0) is 18.8. The van der Waals surface area contributed by atoms with E-state index in [0.717, 1.165) is 43.6 Å². The summed E-state index contributed by atoms with van der Waals surface area (Å²) in [6.45, 7) is 6.21. The summed E-state index contributed by atoms with van der Waals surface area (Å²) in [5.74, 6) is 0.694. The van der Waals surface area contributed by atoms with Crippen molar-refractivity contribution in [3.63, 3.8) is 0 Å². The van der Waals surface area contributed by atoms with Crippen molar-refractivity contribution in [3.8, 4) is 0 Å². The number of piperidine rings is 1. The van der Waals surface area contributed by atoms with Gasteiger partial charge in [0.2, 0.25) is 5.91 Å². The zero-order valence-electron chi connectivity index (χ0n) is 16.2. The Kier molecular flexibility index (Phi) is 3.96. The highest BCUT2D eigenvalue weighted by Crippen LogP contribution is 2.71. The lowest BCUT2D eigenvalue weighted by Crippen LogP contribution is -2.48. The van der Waals surface area contributed by atoms with Gasteiger partial charge in [-0.25, -0.2) is 0 Å². The molecule has 146 valence electrons. The number of hydrogen-bond donors (Lipinski definition) is 1. The normalized spacial score (nSPS) is 26.9. The Morgan fingerprint density at radius 3 is 2.63 bits per heavy atom. The SMILES string of the molecule is CC(C)NC(=O)c1cc2c(s1)C1(CCN(C(=O)C3CC34CC4)CC1)OCC2. The second kappa shape index (κ2) is 6.05. The highest BCUT2D eigenvalue weighted by Gasteiger charge is 2.66. The highest BCUT2D eigenvalue weighted by atomic mass is 32.1. The Morgan fingerprint density at radius 1 is 1.26 bits per heavy atom. The van der Waals surface area contributed by atoms with Gasteiger partial charge in [-0.1, -0.05) is 0 Å². The molecule has 0 bridgehead atoms. The van der Waals surface area contributed by atoms with Crippen LogP contribution >= 0.6 is 11.3 Å². The van der Waals surface area contributed by atoms with Crippen molar-refractivity contribution in [1.29, 1.82) is 0 Å². The average Bonchev–Trinajstić information content (AvgIpc) is 3.53. The summed E-state index contributed by atoms with van der Waals surface area (Å²) in [6, 6.07) is 2.19. The summed E-state index contributed by atoms with van der Waals surface area (Å²) >= 11 is 1.59. The van der Waals surface area contributed by atoms with Crippen molar-refractivity contribution in [1.82, 2.24) is 10.2 Å². The number of rotatable bonds is 3. The zero-order valence-corrected chi connectivity index (χ0v) is 17.0. The van der Waals surface area contributed by atoms with E-state index in [-0.39, 0.29) is 17.6 Å². The van der Waals surface area contributed by atoms with Crippen molar-refractivity contribution in [3.05, 3.63) is 21.4 Å². The van der Waals surface area contributed by atoms with Crippen LogP contribution < -0.4 is 5.32 Å². The number of nitrogens with one attached hydrogen (secondary N) is 1. The van der Waals surface area contributed by atoms with E-state index in [2.05, 4.69) is 16.3 Å². The number of amides is 2. The van der Waals surface area contributed by atoms with Crippen LogP contribution in [0.2, 0.25) is 0 Å². The minimum Gasteiger partial charge on any atom is -0.369 e. The van der Waals surface area contributed by atoms with E-state index in [4.69, 9.17) is 4.74 Å². The molecule has 2 aliphatic heterocycles. The molecule has 2 spiro atoms. The third kappa shape index (κ3) is 2.92. The van der Waals surface area contributed by atoms with E-state index in [9.17, 15) is 9.59 Å². The van der Waals surface area contributed by atoms with Crippen LogP contribution in [0.15, 0.2) is 6.07 Å². The van der Waals surface area contributed by atoms with E-state index >= 15 is 0 Å². The van der Waals surface area contributed by atoms with Crippen LogP contribution in [-0.2, 0) is 21.6 Å². The van der Waals surface area contributed by atoms with Gasteiger partial charge in [0.15, 0.2) is 0 Å². The molecular weight excluding hydrogens is 360 g/mol. The lowest BCUT2D eigenvalue weighted by atomic mass is 9.85. The van der Waals surface area contributed by atoms with Crippen molar-refractivity contribution in [2.45, 2.75) is 64.0 Å². The Labute approximate surface area is 164 Å². The molecule has 1 unspecified atom stereocenters. The number of nitrogens with zero attached hydrogens (tertiary/aromatic N) is 1. The smallest absolute Gasteiger partial charge is 0.261 e. The molecule has 6 heteroatoms. The Bertz CT molecular complexity index is 787. The second-order valence-electron chi connectivity index (χ2n) is 9.13. The van der Waals surface area contributed by atoms with Crippen molar-refractivity contribution < 1.29 is 14.3 Å². The van der Waals surface area contributed by atoms with Crippen LogP contribution in [0.25, 0.3) is 0 Å². The van der Waals surface area contributed by atoms with Gasteiger partial charge in [0, 0.05) is 29.9 Å². The van der Waals surface area contributed by atoms with Crippen molar-refractivity contribution >= 4 is 23.2 Å². The van der Waals surface area contributed by atoms with Gasteiger partial charge in [-0.05, 0) is 69.4 Å². The van der Waals surface area contributed by atoms with E-state index in [1.807, 2.05) is 13.8 Å². The standard InChI is InChI=1S/C21H28N2O3S/c1-13(2)22-18(24)16-11-14-3-10-26-21(17(14)27-16)6-8-23(9-7-21)19(25)15-12-20(15)4-5-20/h11,13,15H,3-10,12H2,1-2H3,(H,22,24). The molecule has 1 atom stereocenters. The maximum Gasteiger partial charge on any atom is 0.261 e. The van der Waals surface area contributed by atoms with Gasteiger partial charge in [0.25, 0.3) is 5.91 Å². The highest BCUT2D eigenvalue weighted by molar-refractivity contribution is 7.14. The molecule has 1 aromatic heterocycles. The first-order valence-corrected chi connectivity index (χ1v) is 11.1. The van der Waals surface area contributed by atoms with E-state index in [1.54, 1.807) is 11.3 Å². The molecule has 0 aromatic carbocycles. The third-order valence-corrected chi connectivity index (χ3v) is 8.24. The lowest BCUT2D eigenvalue weighted by molar-refractivity contribution is -0.142. The van der Waals surface area contributed by atoms with Gasteiger partial charge < -0.3 is 15.0 Å². The van der Waals surface area contributed by atoms with Gasteiger partial charge >= 0.3 is 0 Å². The molecule has 0 radical (unpaired) electrons. The molecule has 2 saturated carbocycles. The molecule has 4 aliphatic rings. The van der Waals surface area contributed by atoms with Gasteiger partial charge in [-0.2, -0.15) is 0 Å². The minimum absolute atomic E-state index is 0.00984. The second-order valence-corrected chi connectivity index (χ2v) is 10.2. The number of thiophene rings is 1. The number of carbonyl (C=O) groups is 2. The van der Waals surface area contributed by atoms with Crippen LogP contribution in [-0.4, -0.2) is 42.5 Å². The van der Waals surface area contributed by atoms with Gasteiger partial charge in [0.05, 0.1) is 11.5 Å². The number of likely N-dealkylation sites (tertiary alicyclic amines) is 1. The first kappa shape index (κ1) is 17.7. The maximum absolute atomic E-state index is 12.8. The van der Waals surface area contributed by atoms with Crippen molar-refractivity contribution in [2.24, 2.45) is 11.3 Å². The maximum atomic E-state index is 12.8. The number of ether oxygens (including phenoxy) is 1. The van der Waals surface area contributed by atoms with E-state index in [0.29, 0.717) is 23.8 Å². The molecule has 1 N–H and O–H groups in total. The number of fused-ring (bicyclic) bond motifs is 2.